The van der Waals surface area contributed by atoms with Crippen molar-refractivity contribution in [1.29, 1.82) is 0 Å². The molecule has 1 saturated heterocycles. The van der Waals surface area contributed by atoms with Gasteiger partial charge in [0.05, 0.1) is 24.4 Å². The summed E-state index contributed by atoms with van der Waals surface area (Å²) < 4.78 is 11.2. The van der Waals surface area contributed by atoms with Crippen molar-refractivity contribution in [2.45, 2.75) is 6.92 Å². The van der Waals surface area contributed by atoms with Crippen LogP contribution in [-0.2, 0) is 9.59 Å². The maximum Gasteiger partial charge on any atom is 0.270 e. The summed E-state index contributed by atoms with van der Waals surface area (Å²) in [5, 5.41) is 2.62. The lowest BCUT2D eigenvalue weighted by Gasteiger charge is -2.29. The maximum atomic E-state index is 13.0. The van der Waals surface area contributed by atoms with Gasteiger partial charge in [0.1, 0.15) is 5.57 Å². The van der Waals surface area contributed by atoms with Crippen molar-refractivity contribution in [3.05, 3.63) is 57.6 Å². The molecule has 6 nitrogen and oxygen atoms in total. The van der Waals surface area contributed by atoms with E-state index in [2.05, 4.69) is 21.2 Å². The third kappa shape index (κ3) is 3.79. The molecule has 0 aliphatic carbocycles. The Hall–Kier alpha value is -2.71. The van der Waals surface area contributed by atoms with Crippen LogP contribution in [0.3, 0.4) is 0 Å². The van der Waals surface area contributed by atoms with Crippen molar-refractivity contribution in [2.75, 3.05) is 19.1 Å². The molecule has 1 fully saturated rings. The fraction of sp³-hybridized carbons (Fsp3) is 0.150. The Morgan fingerprint density at radius 1 is 1.11 bits per heavy atom. The highest BCUT2D eigenvalue weighted by Crippen LogP contribution is 2.37. The molecule has 0 saturated carbocycles. The predicted octanol–water partition coefficient (Wildman–Crippen LogP) is 3.61. The highest BCUT2D eigenvalue weighted by Gasteiger charge is 2.34. The summed E-state index contributed by atoms with van der Waals surface area (Å²) in [6.07, 6.45) is 1.49. The van der Waals surface area contributed by atoms with Gasteiger partial charge in [-0.05, 0) is 71.0 Å². The molecule has 3 rings (SSSR count). The van der Waals surface area contributed by atoms with Crippen molar-refractivity contribution in [3.8, 4) is 11.5 Å². The standard InChI is InChI=1S/C20H17BrN2O4S/c1-11-4-6-13(7-5-11)23-19(25)14(18(24)22-20(23)28)8-12-9-15(21)17(27-3)16(10-12)26-2/h4-10H,1-3H3,(H,22,24,28). The summed E-state index contributed by atoms with van der Waals surface area (Å²) in [5.41, 5.74) is 2.20. The third-order valence-electron chi connectivity index (χ3n) is 4.16. The van der Waals surface area contributed by atoms with Crippen LogP contribution in [0.25, 0.3) is 6.08 Å². The van der Waals surface area contributed by atoms with Crippen molar-refractivity contribution in [1.82, 2.24) is 5.32 Å². The number of ether oxygens (including phenoxy) is 2. The number of halogens is 1. The molecule has 0 bridgehead atoms. The van der Waals surface area contributed by atoms with Crippen LogP contribution in [0.15, 0.2) is 46.4 Å². The van der Waals surface area contributed by atoms with Crippen LogP contribution in [0.5, 0.6) is 11.5 Å². The number of hydrogen-bond acceptors (Lipinski definition) is 5. The normalized spacial score (nSPS) is 15.6. The quantitative estimate of drug-likeness (QED) is 0.428. The second-order valence-corrected chi connectivity index (χ2v) is 7.27. The fourth-order valence-electron chi connectivity index (χ4n) is 2.77. The van der Waals surface area contributed by atoms with Crippen molar-refractivity contribution < 1.29 is 19.1 Å². The van der Waals surface area contributed by atoms with Gasteiger partial charge in [-0.2, -0.15) is 0 Å². The monoisotopic (exact) mass is 460 g/mol. The molecule has 144 valence electrons. The molecule has 2 aromatic rings. The number of aryl methyl sites for hydroxylation is 1. The van der Waals surface area contributed by atoms with Gasteiger partial charge in [-0.1, -0.05) is 17.7 Å². The van der Waals surface area contributed by atoms with Gasteiger partial charge in [-0.15, -0.1) is 0 Å². The minimum atomic E-state index is -0.552. The van der Waals surface area contributed by atoms with E-state index in [-0.39, 0.29) is 10.7 Å². The molecule has 2 aromatic carbocycles. The van der Waals surface area contributed by atoms with Crippen molar-refractivity contribution in [3.63, 3.8) is 0 Å². The topological polar surface area (TPSA) is 67.9 Å². The molecule has 0 spiro atoms. The van der Waals surface area contributed by atoms with Gasteiger partial charge in [-0.3, -0.25) is 19.8 Å². The first-order chi connectivity index (χ1) is 13.3. The van der Waals surface area contributed by atoms with Gasteiger partial charge in [0.25, 0.3) is 11.8 Å². The van der Waals surface area contributed by atoms with Gasteiger partial charge in [0.2, 0.25) is 0 Å². The number of nitrogens with zero attached hydrogens (tertiary/aromatic N) is 1. The van der Waals surface area contributed by atoms with E-state index in [0.29, 0.717) is 27.2 Å². The summed E-state index contributed by atoms with van der Waals surface area (Å²) in [6, 6.07) is 10.7. The lowest BCUT2D eigenvalue weighted by Crippen LogP contribution is -2.54. The Morgan fingerprint density at radius 3 is 2.39 bits per heavy atom. The second kappa shape index (κ2) is 8.12. The summed E-state index contributed by atoms with van der Waals surface area (Å²) in [6.45, 7) is 1.95. The zero-order valence-electron chi connectivity index (χ0n) is 15.4. The zero-order chi connectivity index (χ0) is 20.4. The first-order valence-corrected chi connectivity index (χ1v) is 9.45. The molecular formula is C20H17BrN2O4S. The molecule has 0 unspecified atom stereocenters. The zero-order valence-corrected chi connectivity index (χ0v) is 17.8. The predicted molar refractivity (Wildman–Crippen MR) is 115 cm³/mol. The molecule has 1 heterocycles. The van der Waals surface area contributed by atoms with Crippen LogP contribution in [0, 0.1) is 6.92 Å². The molecular weight excluding hydrogens is 444 g/mol. The van der Waals surface area contributed by atoms with Crippen LogP contribution in [0.1, 0.15) is 11.1 Å². The Morgan fingerprint density at radius 2 is 1.79 bits per heavy atom. The molecule has 1 N–H and O–H groups in total. The van der Waals surface area contributed by atoms with Crippen LogP contribution >= 0.6 is 28.1 Å². The van der Waals surface area contributed by atoms with Gasteiger partial charge < -0.3 is 9.47 Å². The number of hydrogen-bond donors (Lipinski definition) is 1. The molecule has 0 radical (unpaired) electrons. The number of rotatable bonds is 4. The number of amides is 2. The van der Waals surface area contributed by atoms with Crippen LogP contribution in [0.2, 0.25) is 0 Å². The van der Waals surface area contributed by atoms with E-state index in [0.717, 1.165) is 5.56 Å². The van der Waals surface area contributed by atoms with Crippen molar-refractivity contribution in [2.24, 2.45) is 0 Å². The molecule has 1 aliphatic rings. The van der Waals surface area contributed by atoms with Gasteiger partial charge in [0.15, 0.2) is 16.6 Å². The Balaban J connectivity index is 2.04. The lowest BCUT2D eigenvalue weighted by atomic mass is 10.1. The van der Waals surface area contributed by atoms with E-state index in [1.54, 1.807) is 24.3 Å². The molecule has 0 aromatic heterocycles. The Bertz CT molecular complexity index is 1000. The smallest absolute Gasteiger partial charge is 0.270 e. The number of benzene rings is 2. The number of methoxy groups -OCH3 is 2. The van der Waals surface area contributed by atoms with Gasteiger partial charge >= 0.3 is 0 Å². The first kappa shape index (κ1) is 20.0. The number of anilines is 1. The van der Waals surface area contributed by atoms with E-state index in [1.165, 1.54) is 25.2 Å². The Labute approximate surface area is 176 Å². The van der Waals surface area contributed by atoms with Gasteiger partial charge in [0, 0.05) is 0 Å². The molecule has 2 amide bonds. The minimum absolute atomic E-state index is 0.0340. The second-order valence-electron chi connectivity index (χ2n) is 6.03. The minimum Gasteiger partial charge on any atom is -0.493 e. The maximum absolute atomic E-state index is 13.0. The SMILES string of the molecule is COc1cc(C=C2C(=O)NC(=S)N(c3ccc(C)cc3)C2=O)cc(Br)c1OC. The van der Waals surface area contributed by atoms with E-state index in [9.17, 15) is 9.59 Å². The third-order valence-corrected chi connectivity index (χ3v) is 5.03. The highest BCUT2D eigenvalue weighted by atomic mass is 79.9. The summed E-state index contributed by atoms with van der Waals surface area (Å²) in [5.74, 6) is -0.0578. The van der Waals surface area contributed by atoms with E-state index < -0.39 is 11.8 Å². The van der Waals surface area contributed by atoms with Gasteiger partial charge in [-0.25, -0.2) is 0 Å². The number of carbonyl (C=O) groups excluding carboxylic acids is 2. The molecule has 0 atom stereocenters. The molecule has 8 heteroatoms. The fourth-order valence-corrected chi connectivity index (χ4v) is 3.68. The Kier molecular flexibility index (Phi) is 5.81. The average molecular weight is 461 g/mol. The van der Waals surface area contributed by atoms with E-state index >= 15 is 0 Å². The largest absolute Gasteiger partial charge is 0.493 e. The highest BCUT2D eigenvalue weighted by molar-refractivity contribution is 9.10. The molecule has 1 aliphatic heterocycles. The van der Waals surface area contributed by atoms with Crippen LogP contribution < -0.4 is 19.7 Å². The van der Waals surface area contributed by atoms with Crippen LogP contribution in [-0.4, -0.2) is 31.1 Å². The summed E-state index contributed by atoms with van der Waals surface area (Å²) in [4.78, 5) is 26.8. The number of nitrogens with one attached hydrogen (secondary N) is 1. The lowest BCUT2D eigenvalue weighted by molar-refractivity contribution is -0.122. The summed E-state index contributed by atoms with van der Waals surface area (Å²) in [7, 11) is 3.04. The van der Waals surface area contributed by atoms with E-state index in [1.807, 2.05) is 19.1 Å². The number of thiocarbonyl (C=S) groups is 1. The first-order valence-electron chi connectivity index (χ1n) is 8.25. The molecule has 28 heavy (non-hydrogen) atoms. The number of carbonyl (C=O) groups is 2. The summed E-state index contributed by atoms with van der Waals surface area (Å²) >= 11 is 8.62. The van der Waals surface area contributed by atoms with Crippen molar-refractivity contribution >= 4 is 56.8 Å². The van der Waals surface area contributed by atoms with E-state index in [4.69, 9.17) is 21.7 Å². The van der Waals surface area contributed by atoms with Crippen LogP contribution in [0.4, 0.5) is 5.69 Å². The average Bonchev–Trinajstić information content (AvgIpc) is 2.66.